The highest BCUT2D eigenvalue weighted by molar-refractivity contribution is 7.98. The van der Waals surface area contributed by atoms with Crippen LogP contribution in [-0.4, -0.2) is 24.4 Å². The summed E-state index contributed by atoms with van der Waals surface area (Å²) < 4.78 is 4.93. The molecule has 0 fully saturated rings. The maximum atomic E-state index is 12.1. The van der Waals surface area contributed by atoms with E-state index in [0.29, 0.717) is 17.1 Å². The van der Waals surface area contributed by atoms with E-state index in [4.69, 9.17) is 17.0 Å². The molecule has 1 aromatic rings. The summed E-state index contributed by atoms with van der Waals surface area (Å²) in [4.78, 5) is 13.3. The van der Waals surface area contributed by atoms with Gasteiger partial charge in [-0.3, -0.25) is 0 Å². The van der Waals surface area contributed by atoms with Gasteiger partial charge in [-0.1, -0.05) is 19.1 Å². The number of carbonyl (C=O) groups is 1. The monoisotopic (exact) mass is 322 g/mol. The Balaban J connectivity index is 2.46. The minimum Gasteiger partial charge on any atom is -0.466 e. The Morgan fingerprint density at radius 3 is 2.57 bits per heavy atom. The molecular weight excluding hydrogens is 304 g/mol. The quantitative estimate of drug-likeness (QED) is 0.505. The number of esters is 1. The molecule has 6 heteroatoms. The minimum atomic E-state index is -0.340. The van der Waals surface area contributed by atoms with Crippen LogP contribution >= 0.6 is 24.0 Å². The number of ether oxygens (including phenoxy) is 1. The zero-order valence-corrected chi connectivity index (χ0v) is 13.9. The molecule has 4 nitrogen and oxygen atoms in total. The molecule has 2 rings (SSSR count). The summed E-state index contributed by atoms with van der Waals surface area (Å²) in [7, 11) is 1.39. The molecule has 1 atom stereocenters. The van der Waals surface area contributed by atoms with E-state index in [-0.39, 0.29) is 12.0 Å². The zero-order valence-electron chi connectivity index (χ0n) is 12.2. The average molecular weight is 322 g/mol. The third-order valence-electron chi connectivity index (χ3n) is 3.36. The van der Waals surface area contributed by atoms with Crippen LogP contribution in [-0.2, 0) is 9.53 Å². The van der Waals surface area contributed by atoms with Crippen LogP contribution in [0.4, 0.5) is 0 Å². The second-order valence-corrected chi connectivity index (χ2v) is 5.83. The van der Waals surface area contributed by atoms with E-state index in [1.807, 2.05) is 37.4 Å². The van der Waals surface area contributed by atoms with Gasteiger partial charge in [-0.15, -0.1) is 11.8 Å². The number of methoxy groups -OCH3 is 1. The molecule has 21 heavy (non-hydrogen) atoms. The van der Waals surface area contributed by atoms with E-state index >= 15 is 0 Å². The van der Waals surface area contributed by atoms with E-state index in [9.17, 15) is 4.79 Å². The predicted molar refractivity (Wildman–Crippen MR) is 89.2 cm³/mol. The van der Waals surface area contributed by atoms with Crippen LogP contribution in [0.5, 0.6) is 0 Å². The number of carbonyl (C=O) groups excluding carboxylic acids is 1. The second kappa shape index (κ2) is 6.95. The van der Waals surface area contributed by atoms with Crippen LogP contribution in [0, 0.1) is 0 Å². The zero-order chi connectivity index (χ0) is 15.4. The maximum absolute atomic E-state index is 12.1. The van der Waals surface area contributed by atoms with E-state index < -0.39 is 0 Å². The molecule has 1 aliphatic heterocycles. The summed E-state index contributed by atoms with van der Waals surface area (Å²) in [6.07, 6.45) is 2.72. The van der Waals surface area contributed by atoms with Gasteiger partial charge >= 0.3 is 5.97 Å². The fourth-order valence-corrected chi connectivity index (χ4v) is 2.94. The van der Waals surface area contributed by atoms with E-state index in [1.165, 1.54) is 12.0 Å². The summed E-state index contributed by atoms with van der Waals surface area (Å²) in [5.74, 6) is -0.340. The molecule has 0 aliphatic carbocycles. The van der Waals surface area contributed by atoms with Gasteiger partial charge in [0.05, 0.1) is 18.7 Å². The van der Waals surface area contributed by atoms with Gasteiger partial charge < -0.3 is 15.4 Å². The smallest absolute Gasteiger partial charge is 0.337 e. The molecule has 0 radical (unpaired) electrons. The summed E-state index contributed by atoms with van der Waals surface area (Å²) in [6.45, 7) is 1.98. The second-order valence-electron chi connectivity index (χ2n) is 4.54. The van der Waals surface area contributed by atoms with Crippen molar-refractivity contribution in [3.8, 4) is 0 Å². The molecule has 0 saturated carbocycles. The first kappa shape index (κ1) is 15.9. The number of hydrogen-bond donors (Lipinski definition) is 2. The van der Waals surface area contributed by atoms with Gasteiger partial charge in [0.25, 0.3) is 0 Å². The number of benzene rings is 1. The van der Waals surface area contributed by atoms with Crippen molar-refractivity contribution >= 4 is 35.1 Å². The summed E-state index contributed by atoms with van der Waals surface area (Å²) in [6, 6.07) is 7.80. The Morgan fingerprint density at radius 1 is 1.38 bits per heavy atom. The molecule has 1 aliphatic rings. The van der Waals surface area contributed by atoms with E-state index in [0.717, 1.165) is 11.3 Å². The van der Waals surface area contributed by atoms with Crippen molar-refractivity contribution in [2.24, 2.45) is 0 Å². The van der Waals surface area contributed by atoms with Gasteiger partial charge in [-0.05, 0) is 42.6 Å². The van der Waals surface area contributed by atoms with Crippen LogP contribution in [0.2, 0.25) is 0 Å². The average Bonchev–Trinajstić information content (AvgIpc) is 2.53. The van der Waals surface area contributed by atoms with E-state index in [2.05, 4.69) is 10.6 Å². The van der Waals surface area contributed by atoms with Crippen molar-refractivity contribution in [1.82, 2.24) is 10.6 Å². The normalized spacial score (nSPS) is 18.0. The molecule has 0 bridgehead atoms. The topological polar surface area (TPSA) is 50.4 Å². The van der Waals surface area contributed by atoms with Crippen LogP contribution < -0.4 is 10.6 Å². The number of nitrogens with one attached hydrogen (secondary N) is 2. The van der Waals surface area contributed by atoms with Gasteiger partial charge in [0.1, 0.15) is 0 Å². The van der Waals surface area contributed by atoms with Crippen molar-refractivity contribution in [2.75, 3.05) is 13.4 Å². The molecule has 112 valence electrons. The fourth-order valence-electron chi connectivity index (χ4n) is 2.29. The van der Waals surface area contributed by atoms with Crippen molar-refractivity contribution < 1.29 is 9.53 Å². The van der Waals surface area contributed by atoms with Crippen LogP contribution in [0.3, 0.4) is 0 Å². The number of rotatable bonds is 4. The van der Waals surface area contributed by atoms with Gasteiger partial charge in [-0.2, -0.15) is 0 Å². The first-order valence-electron chi connectivity index (χ1n) is 6.63. The molecule has 1 heterocycles. The van der Waals surface area contributed by atoms with Gasteiger partial charge in [-0.25, -0.2) is 4.79 Å². The summed E-state index contributed by atoms with van der Waals surface area (Å²) in [5, 5.41) is 6.73. The lowest BCUT2D eigenvalue weighted by Crippen LogP contribution is -2.45. The molecular formula is C15H18N2O2S2. The molecule has 0 aromatic heterocycles. The highest BCUT2D eigenvalue weighted by Gasteiger charge is 2.31. The Bertz CT molecular complexity index is 582. The predicted octanol–water partition coefficient (Wildman–Crippen LogP) is 2.76. The fraction of sp³-hybridized carbons (Fsp3) is 0.333. The molecule has 0 amide bonds. The highest BCUT2D eigenvalue weighted by atomic mass is 32.2. The van der Waals surface area contributed by atoms with E-state index in [1.54, 1.807) is 11.8 Å². The number of hydrogen-bond acceptors (Lipinski definition) is 4. The first-order valence-corrected chi connectivity index (χ1v) is 8.26. The molecule has 2 N–H and O–H groups in total. The first-order chi connectivity index (χ1) is 10.1. The van der Waals surface area contributed by atoms with Crippen molar-refractivity contribution in [3.63, 3.8) is 0 Å². The van der Waals surface area contributed by atoms with Crippen LogP contribution in [0.15, 0.2) is 40.4 Å². The number of thiocarbonyl (C=S) groups is 1. The standard InChI is InChI=1S/C15H18N2O2S2/c1-4-11-12(14(18)19-2)13(17-15(20)16-11)9-5-7-10(21-3)8-6-9/h5-8,13H,4H2,1-3H3,(H2,16,17,20)/t13-/m0/s1. The largest absolute Gasteiger partial charge is 0.466 e. The lowest BCUT2D eigenvalue weighted by atomic mass is 9.94. The Labute approximate surface area is 134 Å². The Morgan fingerprint density at radius 2 is 2.05 bits per heavy atom. The Kier molecular flexibility index (Phi) is 5.25. The minimum absolute atomic E-state index is 0.281. The summed E-state index contributed by atoms with van der Waals surface area (Å²) in [5.41, 5.74) is 2.39. The molecule has 0 spiro atoms. The van der Waals surface area contributed by atoms with Crippen molar-refractivity contribution in [1.29, 1.82) is 0 Å². The SMILES string of the molecule is CCC1=C(C(=O)OC)[C@H](c2ccc(SC)cc2)NC(=S)N1. The van der Waals surface area contributed by atoms with Crippen LogP contribution in [0.1, 0.15) is 24.9 Å². The molecule has 0 saturated heterocycles. The van der Waals surface area contributed by atoms with Crippen molar-refractivity contribution in [2.45, 2.75) is 24.3 Å². The lowest BCUT2D eigenvalue weighted by molar-refractivity contribution is -0.136. The molecule has 1 aromatic carbocycles. The Hall–Kier alpha value is -1.53. The summed E-state index contributed by atoms with van der Waals surface area (Å²) >= 11 is 6.92. The van der Waals surface area contributed by atoms with Gasteiger partial charge in [0.2, 0.25) is 0 Å². The van der Waals surface area contributed by atoms with Crippen LogP contribution in [0.25, 0.3) is 0 Å². The third-order valence-corrected chi connectivity index (χ3v) is 4.33. The van der Waals surface area contributed by atoms with Crippen molar-refractivity contribution in [3.05, 3.63) is 41.1 Å². The maximum Gasteiger partial charge on any atom is 0.337 e. The highest BCUT2D eigenvalue weighted by Crippen LogP contribution is 2.29. The van der Waals surface area contributed by atoms with Gasteiger partial charge in [0.15, 0.2) is 5.11 Å². The third kappa shape index (κ3) is 3.39. The van der Waals surface area contributed by atoms with Gasteiger partial charge in [0, 0.05) is 10.6 Å². The lowest BCUT2D eigenvalue weighted by Gasteiger charge is -2.30. The molecule has 0 unspecified atom stereocenters. The number of thioether (sulfide) groups is 1. The number of allylic oxidation sites excluding steroid dienone is 1.